The van der Waals surface area contributed by atoms with Gasteiger partial charge in [-0.1, -0.05) is 56.3 Å². The van der Waals surface area contributed by atoms with Crippen LogP contribution in [0.3, 0.4) is 0 Å². The lowest BCUT2D eigenvalue weighted by Crippen LogP contribution is -2.58. The Hall–Kier alpha value is -4.71. The molecule has 0 bridgehead atoms. The highest BCUT2D eigenvalue weighted by molar-refractivity contribution is 5.94. The number of imidazole rings is 1. The first-order chi connectivity index (χ1) is 19.5. The maximum Gasteiger partial charge on any atom is 0.326 e. The Morgan fingerprint density at radius 2 is 1.41 bits per heavy atom. The average molecular weight is 565 g/mol. The second-order valence-electron chi connectivity index (χ2n) is 10.1. The van der Waals surface area contributed by atoms with Crippen molar-refractivity contribution in [3.05, 3.63) is 83.9 Å². The molecule has 3 aromatic rings. The second kappa shape index (κ2) is 14.6. The molecular formula is C29H36N6O6. The summed E-state index contributed by atoms with van der Waals surface area (Å²) in [5.74, 6) is -3.53. The number of nitrogens with two attached hydrogens (primary N) is 1. The summed E-state index contributed by atoms with van der Waals surface area (Å²) in [6.07, 6.45) is 3.24. The summed E-state index contributed by atoms with van der Waals surface area (Å²) in [7, 11) is 0. The van der Waals surface area contributed by atoms with Gasteiger partial charge in [0.25, 0.3) is 0 Å². The number of aliphatic carboxylic acids is 1. The Kier molecular flexibility index (Phi) is 11.0. The van der Waals surface area contributed by atoms with Crippen molar-refractivity contribution in [1.29, 1.82) is 0 Å². The van der Waals surface area contributed by atoms with Gasteiger partial charge in [0.15, 0.2) is 0 Å². The minimum absolute atomic E-state index is 0.000528. The van der Waals surface area contributed by atoms with Gasteiger partial charge in [-0.15, -0.1) is 0 Å². The lowest BCUT2D eigenvalue weighted by Gasteiger charge is -2.26. The topological polar surface area (TPSA) is 200 Å². The molecular weight excluding hydrogens is 528 g/mol. The fourth-order valence-corrected chi connectivity index (χ4v) is 4.18. The van der Waals surface area contributed by atoms with Crippen LogP contribution < -0.4 is 21.7 Å². The first-order valence-corrected chi connectivity index (χ1v) is 13.2. The van der Waals surface area contributed by atoms with E-state index >= 15 is 0 Å². The van der Waals surface area contributed by atoms with Gasteiger partial charge >= 0.3 is 5.97 Å². The van der Waals surface area contributed by atoms with Crippen LogP contribution in [-0.4, -0.2) is 68.0 Å². The molecule has 0 aliphatic carbocycles. The number of hydrogen-bond acceptors (Lipinski definition) is 7. The van der Waals surface area contributed by atoms with Crippen molar-refractivity contribution in [1.82, 2.24) is 25.9 Å². The number of amides is 3. The number of nitrogens with one attached hydrogen (secondary N) is 4. The molecule has 12 nitrogen and oxygen atoms in total. The monoisotopic (exact) mass is 564 g/mol. The van der Waals surface area contributed by atoms with Gasteiger partial charge in [-0.25, -0.2) is 9.78 Å². The maximum atomic E-state index is 13.6. The number of nitrogens with zero attached hydrogens (tertiary/aromatic N) is 1. The van der Waals surface area contributed by atoms with Crippen molar-refractivity contribution in [2.24, 2.45) is 11.7 Å². The normalized spacial score (nSPS) is 14.0. The number of carbonyl (C=O) groups is 4. The number of carboxylic acid groups (broad SMARTS) is 1. The standard InChI is InChI=1S/C29H36N6O6/c1-17(2)25(29(40)41)35-28(39)23(13-19-8-10-21(36)11-9-19)34-27(38)24(14-20-15-31-16-32-20)33-26(37)22(30)12-18-6-4-3-5-7-18/h3-11,15-17,22-25,36H,12-14,30H2,1-2H3,(H,31,32)(H,33,37)(H,34,38)(H,35,39)(H,40,41). The van der Waals surface area contributed by atoms with Gasteiger partial charge in [-0.05, 0) is 35.6 Å². The molecule has 4 unspecified atom stereocenters. The number of rotatable bonds is 14. The molecule has 218 valence electrons. The Bertz CT molecular complexity index is 1300. The summed E-state index contributed by atoms with van der Waals surface area (Å²) in [4.78, 5) is 58.4. The van der Waals surface area contributed by atoms with Gasteiger partial charge in [0.05, 0.1) is 12.4 Å². The number of aromatic amines is 1. The molecule has 1 aromatic heterocycles. The minimum Gasteiger partial charge on any atom is -0.508 e. The van der Waals surface area contributed by atoms with Crippen molar-refractivity contribution in [3.8, 4) is 5.75 Å². The quantitative estimate of drug-likeness (QED) is 0.148. The first kappa shape index (κ1) is 30.8. The van der Waals surface area contributed by atoms with Gasteiger partial charge in [-0.3, -0.25) is 14.4 Å². The van der Waals surface area contributed by atoms with Crippen LogP contribution >= 0.6 is 0 Å². The largest absolute Gasteiger partial charge is 0.508 e. The van der Waals surface area contributed by atoms with Gasteiger partial charge in [-0.2, -0.15) is 0 Å². The van der Waals surface area contributed by atoms with Crippen LogP contribution in [0.2, 0.25) is 0 Å². The lowest BCUT2D eigenvalue weighted by molar-refractivity contribution is -0.143. The molecule has 8 N–H and O–H groups in total. The number of benzene rings is 2. The highest BCUT2D eigenvalue weighted by Crippen LogP contribution is 2.13. The highest BCUT2D eigenvalue weighted by atomic mass is 16.4. The molecule has 0 spiro atoms. The van der Waals surface area contributed by atoms with E-state index in [4.69, 9.17) is 5.73 Å². The molecule has 2 aromatic carbocycles. The number of carbonyl (C=O) groups excluding carboxylic acids is 3. The zero-order valence-corrected chi connectivity index (χ0v) is 22.9. The van der Waals surface area contributed by atoms with Crippen molar-refractivity contribution in [2.75, 3.05) is 0 Å². The summed E-state index contributed by atoms with van der Waals surface area (Å²) >= 11 is 0. The van der Waals surface area contributed by atoms with E-state index in [-0.39, 0.29) is 25.0 Å². The van der Waals surface area contributed by atoms with E-state index in [2.05, 4.69) is 25.9 Å². The summed E-state index contributed by atoms with van der Waals surface area (Å²) < 4.78 is 0. The van der Waals surface area contributed by atoms with Gasteiger partial charge in [0.1, 0.15) is 23.9 Å². The molecule has 41 heavy (non-hydrogen) atoms. The van der Waals surface area contributed by atoms with E-state index in [9.17, 15) is 29.4 Å². The molecule has 3 amide bonds. The van der Waals surface area contributed by atoms with Crippen molar-refractivity contribution < 1.29 is 29.4 Å². The third-order valence-corrected chi connectivity index (χ3v) is 6.49. The number of H-pyrrole nitrogens is 1. The molecule has 4 atom stereocenters. The Labute approximate surface area is 237 Å². The predicted molar refractivity (Wildman–Crippen MR) is 150 cm³/mol. The molecule has 0 saturated carbocycles. The Morgan fingerprint density at radius 3 is 2.00 bits per heavy atom. The number of phenolic OH excluding ortho intramolecular Hbond substituents is 1. The van der Waals surface area contributed by atoms with Crippen molar-refractivity contribution >= 4 is 23.7 Å². The summed E-state index contributed by atoms with van der Waals surface area (Å²) in [6, 6.07) is 10.8. The number of aromatic nitrogens is 2. The molecule has 0 radical (unpaired) electrons. The predicted octanol–water partition coefficient (Wildman–Crippen LogP) is 0.666. The van der Waals surface area contributed by atoms with Crippen LogP contribution in [0.25, 0.3) is 0 Å². The zero-order chi connectivity index (χ0) is 29.9. The Balaban J connectivity index is 1.81. The number of carboxylic acids is 1. The number of phenols is 1. The molecule has 0 fully saturated rings. The third kappa shape index (κ3) is 9.46. The lowest BCUT2D eigenvalue weighted by atomic mass is 10.0. The van der Waals surface area contributed by atoms with Crippen LogP contribution in [0.5, 0.6) is 5.75 Å². The van der Waals surface area contributed by atoms with Crippen molar-refractivity contribution in [2.45, 2.75) is 57.3 Å². The molecule has 0 aliphatic heterocycles. The van der Waals surface area contributed by atoms with E-state index in [0.29, 0.717) is 11.3 Å². The summed E-state index contributed by atoms with van der Waals surface area (Å²) in [5, 5.41) is 27.1. The molecule has 12 heteroatoms. The third-order valence-electron chi connectivity index (χ3n) is 6.49. The number of aromatic hydroxyl groups is 1. The number of hydrogen-bond donors (Lipinski definition) is 7. The maximum absolute atomic E-state index is 13.6. The molecule has 3 rings (SSSR count). The van der Waals surface area contributed by atoms with Gasteiger partial charge < -0.3 is 36.9 Å². The fraction of sp³-hybridized carbons (Fsp3) is 0.345. The van der Waals surface area contributed by atoms with Crippen LogP contribution in [0, 0.1) is 5.92 Å². The highest BCUT2D eigenvalue weighted by Gasteiger charge is 2.32. The first-order valence-electron chi connectivity index (χ1n) is 13.2. The van der Waals surface area contributed by atoms with Crippen LogP contribution in [0.4, 0.5) is 0 Å². The second-order valence-corrected chi connectivity index (χ2v) is 10.1. The van der Waals surface area contributed by atoms with Gasteiger partial charge in [0.2, 0.25) is 17.7 Å². The summed E-state index contributed by atoms with van der Waals surface area (Å²) in [5.41, 5.74) is 8.17. The van der Waals surface area contributed by atoms with Gasteiger partial charge in [0, 0.05) is 24.7 Å². The smallest absolute Gasteiger partial charge is 0.326 e. The van der Waals surface area contributed by atoms with Crippen molar-refractivity contribution in [3.63, 3.8) is 0 Å². The minimum atomic E-state index is -1.21. The molecule has 1 heterocycles. The van der Waals surface area contributed by atoms with E-state index in [1.807, 2.05) is 30.3 Å². The SMILES string of the molecule is CC(C)C(NC(=O)C(Cc1ccc(O)cc1)NC(=O)C(Cc1cnc[nH]1)NC(=O)C(N)Cc1ccccc1)C(=O)O. The van der Waals surface area contributed by atoms with Crippen LogP contribution in [-0.2, 0) is 38.4 Å². The van der Waals surface area contributed by atoms with E-state index in [1.54, 1.807) is 26.0 Å². The molecule has 0 saturated heterocycles. The van der Waals surface area contributed by atoms with E-state index in [0.717, 1.165) is 5.56 Å². The fourth-order valence-electron chi connectivity index (χ4n) is 4.18. The molecule has 0 aliphatic rings. The van der Waals surface area contributed by atoms with E-state index in [1.165, 1.54) is 24.7 Å². The van der Waals surface area contributed by atoms with Crippen LogP contribution in [0.15, 0.2) is 67.1 Å². The summed E-state index contributed by atoms with van der Waals surface area (Å²) in [6.45, 7) is 3.31. The van der Waals surface area contributed by atoms with E-state index < -0.39 is 53.8 Å². The van der Waals surface area contributed by atoms with Crippen LogP contribution in [0.1, 0.15) is 30.7 Å². The Morgan fingerprint density at radius 1 is 0.829 bits per heavy atom. The average Bonchev–Trinajstić information content (AvgIpc) is 3.45. The zero-order valence-electron chi connectivity index (χ0n) is 22.9.